The summed E-state index contributed by atoms with van der Waals surface area (Å²) in [4.78, 5) is 24.0. The van der Waals surface area contributed by atoms with Crippen molar-refractivity contribution in [2.75, 3.05) is 18.2 Å². The van der Waals surface area contributed by atoms with Crippen LogP contribution in [0, 0.1) is 0 Å². The highest BCUT2D eigenvalue weighted by Crippen LogP contribution is 2.22. The Kier molecular flexibility index (Phi) is 3.16. The smallest absolute Gasteiger partial charge is 0.327 e. The predicted octanol–water partition coefficient (Wildman–Crippen LogP) is -0.276. The second-order valence-electron chi connectivity index (χ2n) is 3.87. The zero-order valence-electron chi connectivity index (χ0n) is 8.31. The number of carbonyl (C=O) groups is 2. The van der Waals surface area contributed by atoms with E-state index in [4.69, 9.17) is 5.11 Å². The average molecular weight is 230 g/mol. The van der Waals surface area contributed by atoms with Crippen LogP contribution >= 0.6 is 11.8 Å². The van der Waals surface area contributed by atoms with Gasteiger partial charge in [0.2, 0.25) is 5.91 Å². The molecule has 0 aromatic rings. The van der Waals surface area contributed by atoms with Crippen molar-refractivity contribution in [3.05, 3.63) is 0 Å². The molecule has 15 heavy (non-hydrogen) atoms. The van der Waals surface area contributed by atoms with Crippen molar-refractivity contribution in [1.82, 2.24) is 10.2 Å². The Bertz CT molecular complexity index is 281. The van der Waals surface area contributed by atoms with Crippen molar-refractivity contribution < 1.29 is 14.7 Å². The molecule has 6 heteroatoms. The van der Waals surface area contributed by atoms with Crippen molar-refractivity contribution in [2.24, 2.45) is 0 Å². The summed E-state index contributed by atoms with van der Waals surface area (Å²) in [5, 5.41) is 12.0. The minimum atomic E-state index is -0.903. The first-order chi connectivity index (χ1) is 7.18. The second kappa shape index (κ2) is 4.40. The van der Waals surface area contributed by atoms with Crippen molar-refractivity contribution in [1.29, 1.82) is 0 Å². The summed E-state index contributed by atoms with van der Waals surface area (Å²) in [6, 6.07) is -0.156. The zero-order valence-corrected chi connectivity index (χ0v) is 9.13. The van der Waals surface area contributed by atoms with Gasteiger partial charge in [0, 0.05) is 11.8 Å². The average Bonchev–Trinajstić information content (AvgIpc) is 2.88. The van der Waals surface area contributed by atoms with Crippen molar-refractivity contribution in [2.45, 2.75) is 24.9 Å². The summed E-state index contributed by atoms with van der Waals surface area (Å²) in [7, 11) is 0. The number of nitrogens with one attached hydrogen (secondary N) is 1. The fourth-order valence-corrected chi connectivity index (χ4v) is 2.69. The minimum absolute atomic E-state index is 0.0979. The van der Waals surface area contributed by atoms with Gasteiger partial charge in [-0.15, -0.1) is 11.8 Å². The second-order valence-corrected chi connectivity index (χ2v) is 4.87. The Labute approximate surface area is 92.2 Å². The van der Waals surface area contributed by atoms with Gasteiger partial charge in [0.15, 0.2) is 0 Å². The predicted molar refractivity (Wildman–Crippen MR) is 56.6 cm³/mol. The molecule has 84 valence electrons. The maximum absolute atomic E-state index is 11.7. The lowest BCUT2D eigenvalue weighted by Gasteiger charge is -2.20. The molecule has 1 saturated heterocycles. The normalized spacial score (nSPS) is 25.6. The molecule has 5 nitrogen and oxygen atoms in total. The molecule has 1 amide bonds. The largest absolute Gasteiger partial charge is 0.480 e. The summed E-state index contributed by atoms with van der Waals surface area (Å²) in [5.74, 6) is 0.00574. The number of rotatable bonds is 4. The highest BCUT2D eigenvalue weighted by atomic mass is 32.2. The topological polar surface area (TPSA) is 69.6 Å². The van der Waals surface area contributed by atoms with Crippen LogP contribution in [0.25, 0.3) is 0 Å². The van der Waals surface area contributed by atoms with E-state index >= 15 is 0 Å². The molecule has 0 unspecified atom stereocenters. The van der Waals surface area contributed by atoms with E-state index in [0.29, 0.717) is 17.7 Å². The molecule has 2 fully saturated rings. The third kappa shape index (κ3) is 2.63. The number of amides is 1. The quantitative estimate of drug-likeness (QED) is 0.695. The number of hydrogen-bond acceptors (Lipinski definition) is 4. The van der Waals surface area contributed by atoms with Crippen LogP contribution in [0.15, 0.2) is 0 Å². The van der Waals surface area contributed by atoms with Crippen LogP contribution in [0.5, 0.6) is 0 Å². The number of carboxylic acids is 1. The first-order valence-corrected chi connectivity index (χ1v) is 6.17. The summed E-state index contributed by atoms with van der Waals surface area (Å²) >= 11 is 1.49. The van der Waals surface area contributed by atoms with Gasteiger partial charge in [0.1, 0.15) is 6.04 Å². The van der Waals surface area contributed by atoms with Crippen molar-refractivity contribution >= 4 is 23.6 Å². The highest BCUT2D eigenvalue weighted by Gasteiger charge is 2.34. The summed E-state index contributed by atoms with van der Waals surface area (Å²) in [6.45, 7) is 0.273. The number of carbonyl (C=O) groups excluding carboxylic acids is 1. The van der Waals surface area contributed by atoms with Crippen LogP contribution in [0.2, 0.25) is 0 Å². The van der Waals surface area contributed by atoms with E-state index in [1.807, 2.05) is 0 Å². The Balaban J connectivity index is 1.84. The Morgan fingerprint density at radius 3 is 2.80 bits per heavy atom. The van der Waals surface area contributed by atoms with Gasteiger partial charge in [-0.05, 0) is 12.8 Å². The van der Waals surface area contributed by atoms with E-state index < -0.39 is 12.0 Å². The monoisotopic (exact) mass is 230 g/mol. The lowest BCUT2D eigenvalue weighted by Crippen LogP contribution is -2.45. The standard InChI is InChI=1S/C9H14N2O3S/c12-8(3-10-6-1-2-6)11-5-15-4-7(11)9(13)14/h6-7,10H,1-5H2,(H,13,14)/t7-/m0/s1. The van der Waals surface area contributed by atoms with Gasteiger partial charge < -0.3 is 15.3 Å². The molecular formula is C9H14N2O3S. The van der Waals surface area contributed by atoms with Crippen LogP contribution < -0.4 is 5.32 Å². The molecular weight excluding hydrogens is 216 g/mol. The first kappa shape index (κ1) is 10.8. The van der Waals surface area contributed by atoms with Crippen LogP contribution in [-0.2, 0) is 9.59 Å². The molecule has 0 aromatic carbocycles. The van der Waals surface area contributed by atoms with Gasteiger partial charge in [-0.25, -0.2) is 4.79 Å². The highest BCUT2D eigenvalue weighted by molar-refractivity contribution is 7.99. The van der Waals surface area contributed by atoms with Gasteiger partial charge in [0.25, 0.3) is 0 Å². The van der Waals surface area contributed by atoms with Gasteiger partial charge >= 0.3 is 5.97 Å². The van der Waals surface area contributed by atoms with Crippen molar-refractivity contribution in [3.8, 4) is 0 Å². The number of carboxylic acid groups (broad SMARTS) is 1. The van der Waals surface area contributed by atoms with E-state index in [-0.39, 0.29) is 12.5 Å². The maximum Gasteiger partial charge on any atom is 0.327 e. The molecule has 2 rings (SSSR count). The molecule has 1 saturated carbocycles. The molecule has 0 spiro atoms. The minimum Gasteiger partial charge on any atom is -0.480 e. The molecule has 0 aromatic heterocycles. The van der Waals surface area contributed by atoms with Gasteiger partial charge in [-0.2, -0.15) is 0 Å². The molecule has 0 bridgehead atoms. The number of aliphatic carboxylic acids is 1. The summed E-state index contributed by atoms with van der Waals surface area (Å²) in [5.41, 5.74) is 0. The molecule has 1 aliphatic carbocycles. The fraction of sp³-hybridized carbons (Fsp3) is 0.778. The van der Waals surface area contributed by atoms with E-state index in [1.54, 1.807) is 0 Å². The van der Waals surface area contributed by atoms with E-state index in [1.165, 1.54) is 16.7 Å². The van der Waals surface area contributed by atoms with E-state index in [2.05, 4.69) is 5.32 Å². The molecule has 1 aliphatic heterocycles. The molecule has 1 atom stereocenters. The van der Waals surface area contributed by atoms with Gasteiger partial charge in [-0.1, -0.05) is 0 Å². The van der Waals surface area contributed by atoms with Gasteiger partial charge in [0.05, 0.1) is 12.4 Å². The zero-order chi connectivity index (χ0) is 10.8. The Morgan fingerprint density at radius 1 is 1.47 bits per heavy atom. The van der Waals surface area contributed by atoms with Crippen molar-refractivity contribution in [3.63, 3.8) is 0 Å². The number of nitrogens with zero attached hydrogens (tertiary/aromatic N) is 1. The first-order valence-electron chi connectivity index (χ1n) is 5.02. The molecule has 2 N–H and O–H groups in total. The lowest BCUT2D eigenvalue weighted by molar-refractivity contribution is -0.147. The van der Waals surface area contributed by atoms with Crippen LogP contribution in [0.3, 0.4) is 0 Å². The number of thioether (sulfide) groups is 1. The summed E-state index contributed by atoms with van der Waals surface area (Å²) in [6.07, 6.45) is 2.26. The third-order valence-electron chi connectivity index (χ3n) is 2.61. The molecule has 2 aliphatic rings. The Morgan fingerprint density at radius 2 is 2.20 bits per heavy atom. The van der Waals surface area contributed by atoms with Crippen LogP contribution in [-0.4, -0.2) is 52.1 Å². The fourth-order valence-electron chi connectivity index (χ4n) is 1.51. The number of hydrogen-bond donors (Lipinski definition) is 2. The van der Waals surface area contributed by atoms with Crippen LogP contribution in [0.1, 0.15) is 12.8 Å². The lowest BCUT2D eigenvalue weighted by atomic mass is 10.3. The molecule has 0 radical (unpaired) electrons. The summed E-state index contributed by atoms with van der Waals surface area (Å²) < 4.78 is 0. The Hall–Kier alpha value is -0.750. The van der Waals surface area contributed by atoms with Crippen LogP contribution in [0.4, 0.5) is 0 Å². The van der Waals surface area contributed by atoms with E-state index in [0.717, 1.165) is 12.8 Å². The third-order valence-corrected chi connectivity index (χ3v) is 3.62. The SMILES string of the molecule is O=C(O)[C@@H]1CSCN1C(=O)CNC1CC1. The van der Waals surface area contributed by atoms with E-state index in [9.17, 15) is 9.59 Å². The maximum atomic E-state index is 11.7. The molecule has 1 heterocycles. The van der Waals surface area contributed by atoms with Gasteiger partial charge in [-0.3, -0.25) is 4.79 Å².